The number of halogens is 1. The molecular weight excluding hydrogens is 272 g/mol. The summed E-state index contributed by atoms with van der Waals surface area (Å²) < 4.78 is 1.26. The molecule has 0 radical (unpaired) electrons. The summed E-state index contributed by atoms with van der Waals surface area (Å²) in [5, 5.41) is 5.65. The van der Waals surface area contributed by atoms with Gasteiger partial charge in [0.15, 0.2) is 0 Å². The highest BCUT2D eigenvalue weighted by Gasteiger charge is 2.22. The van der Waals surface area contributed by atoms with Crippen molar-refractivity contribution < 1.29 is 0 Å². The molecule has 1 fully saturated rings. The Kier molecular flexibility index (Phi) is 3.83. The number of hydrogen-bond acceptors (Lipinski definition) is 3. The summed E-state index contributed by atoms with van der Waals surface area (Å²) in [5.74, 6) is 0. The zero-order chi connectivity index (χ0) is 10.8. The van der Waals surface area contributed by atoms with Crippen molar-refractivity contribution in [2.24, 2.45) is 0 Å². The molecule has 84 valence electrons. The lowest BCUT2D eigenvalue weighted by Gasteiger charge is -2.37. The van der Waals surface area contributed by atoms with Crippen LogP contribution in [-0.2, 0) is 6.54 Å². The third kappa shape index (κ3) is 2.81. The molecule has 2 heterocycles. The molecule has 2 atom stereocenters. The standard InChI is InChI=1S/C11H17BrN2S/c1-8-6-14(9(2)5-13-8)7-11-10(12)3-4-15-11/h3-4,8-9,13H,5-7H2,1-2H3. The van der Waals surface area contributed by atoms with Gasteiger partial charge in [-0.25, -0.2) is 0 Å². The number of hydrogen-bond donors (Lipinski definition) is 1. The molecular formula is C11H17BrN2S. The molecule has 0 saturated carbocycles. The van der Waals surface area contributed by atoms with Crippen LogP contribution in [0.5, 0.6) is 0 Å². The quantitative estimate of drug-likeness (QED) is 0.900. The van der Waals surface area contributed by atoms with E-state index in [0.29, 0.717) is 12.1 Å². The summed E-state index contributed by atoms with van der Waals surface area (Å²) in [4.78, 5) is 3.99. The van der Waals surface area contributed by atoms with Crippen LogP contribution >= 0.6 is 27.3 Å². The number of nitrogens with one attached hydrogen (secondary N) is 1. The average molecular weight is 289 g/mol. The van der Waals surface area contributed by atoms with Gasteiger partial charge in [-0.1, -0.05) is 0 Å². The van der Waals surface area contributed by atoms with Gasteiger partial charge in [-0.05, 0) is 41.2 Å². The monoisotopic (exact) mass is 288 g/mol. The van der Waals surface area contributed by atoms with Gasteiger partial charge >= 0.3 is 0 Å². The fourth-order valence-electron chi connectivity index (χ4n) is 1.94. The van der Waals surface area contributed by atoms with Crippen LogP contribution in [0.25, 0.3) is 0 Å². The van der Waals surface area contributed by atoms with Crippen LogP contribution in [0.2, 0.25) is 0 Å². The van der Waals surface area contributed by atoms with Gasteiger partial charge in [0.05, 0.1) is 0 Å². The lowest BCUT2D eigenvalue weighted by Crippen LogP contribution is -2.53. The SMILES string of the molecule is CC1CN(Cc2sccc2Br)C(C)CN1. The molecule has 0 bridgehead atoms. The minimum atomic E-state index is 0.611. The topological polar surface area (TPSA) is 15.3 Å². The fourth-order valence-corrected chi connectivity index (χ4v) is 3.44. The number of rotatable bonds is 2. The third-order valence-corrected chi connectivity index (χ3v) is 4.84. The molecule has 0 aromatic carbocycles. The molecule has 4 heteroatoms. The van der Waals surface area contributed by atoms with Gasteiger partial charge < -0.3 is 5.32 Å². The van der Waals surface area contributed by atoms with Gasteiger partial charge in [-0.2, -0.15) is 0 Å². The lowest BCUT2D eigenvalue weighted by atomic mass is 10.1. The Bertz CT molecular complexity index is 326. The van der Waals surface area contributed by atoms with Crippen molar-refractivity contribution in [3.63, 3.8) is 0 Å². The second-order valence-corrected chi connectivity index (χ2v) is 6.13. The first kappa shape index (κ1) is 11.6. The van der Waals surface area contributed by atoms with Crippen LogP contribution in [0.4, 0.5) is 0 Å². The van der Waals surface area contributed by atoms with E-state index >= 15 is 0 Å². The highest BCUT2D eigenvalue weighted by atomic mass is 79.9. The Morgan fingerprint density at radius 1 is 1.60 bits per heavy atom. The molecule has 1 N–H and O–H groups in total. The summed E-state index contributed by atoms with van der Waals surface area (Å²) in [5.41, 5.74) is 0. The van der Waals surface area contributed by atoms with Crippen LogP contribution in [-0.4, -0.2) is 30.1 Å². The minimum absolute atomic E-state index is 0.611. The zero-order valence-corrected chi connectivity index (χ0v) is 11.6. The first-order valence-electron chi connectivity index (χ1n) is 5.36. The Morgan fingerprint density at radius 2 is 2.40 bits per heavy atom. The normalized spacial score (nSPS) is 28.2. The van der Waals surface area contributed by atoms with E-state index in [1.807, 2.05) is 11.3 Å². The summed E-state index contributed by atoms with van der Waals surface area (Å²) in [6.07, 6.45) is 0. The highest BCUT2D eigenvalue weighted by molar-refractivity contribution is 9.10. The molecule has 1 aromatic rings. The summed E-state index contributed by atoms with van der Waals surface area (Å²) in [6, 6.07) is 3.38. The largest absolute Gasteiger partial charge is 0.311 e. The van der Waals surface area contributed by atoms with Crippen molar-refractivity contribution in [2.45, 2.75) is 32.5 Å². The first-order chi connectivity index (χ1) is 7.16. The van der Waals surface area contributed by atoms with E-state index in [1.54, 1.807) is 0 Å². The Labute approximate surface area is 104 Å². The Balaban J connectivity index is 2.01. The molecule has 2 rings (SSSR count). The van der Waals surface area contributed by atoms with Gasteiger partial charge in [0.25, 0.3) is 0 Å². The number of piperazine rings is 1. The predicted molar refractivity (Wildman–Crippen MR) is 69.4 cm³/mol. The number of nitrogens with zero attached hydrogens (tertiary/aromatic N) is 1. The lowest BCUT2D eigenvalue weighted by molar-refractivity contribution is 0.140. The van der Waals surface area contributed by atoms with Crippen molar-refractivity contribution in [1.29, 1.82) is 0 Å². The highest BCUT2D eigenvalue weighted by Crippen LogP contribution is 2.25. The van der Waals surface area contributed by atoms with E-state index in [1.165, 1.54) is 9.35 Å². The Hall–Kier alpha value is 0.1000. The van der Waals surface area contributed by atoms with Crippen LogP contribution in [0, 0.1) is 0 Å². The van der Waals surface area contributed by atoms with Crippen molar-refractivity contribution in [1.82, 2.24) is 10.2 Å². The van der Waals surface area contributed by atoms with Crippen molar-refractivity contribution in [2.75, 3.05) is 13.1 Å². The molecule has 0 aliphatic carbocycles. The molecule has 0 spiro atoms. The minimum Gasteiger partial charge on any atom is -0.311 e. The molecule has 1 saturated heterocycles. The maximum Gasteiger partial charge on any atom is 0.0343 e. The summed E-state index contributed by atoms with van der Waals surface area (Å²) in [6.45, 7) is 7.86. The maximum absolute atomic E-state index is 3.60. The zero-order valence-electron chi connectivity index (χ0n) is 9.16. The molecule has 0 amide bonds. The van der Waals surface area contributed by atoms with Gasteiger partial charge in [0.1, 0.15) is 0 Å². The van der Waals surface area contributed by atoms with E-state index < -0.39 is 0 Å². The molecule has 15 heavy (non-hydrogen) atoms. The smallest absolute Gasteiger partial charge is 0.0343 e. The second-order valence-electron chi connectivity index (χ2n) is 4.28. The van der Waals surface area contributed by atoms with Gasteiger partial charge in [0.2, 0.25) is 0 Å². The van der Waals surface area contributed by atoms with Crippen LogP contribution in [0.1, 0.15) is 18.7 Å². The summed E-state index contributed by atoms with van der Waals surface area (Å²) in [7, 11) is 0. The van der Waals surface area contributed by atoms with Crippen LogP contribution in [0.3, 0.4) is 0 Å². The second kappa shape index (κ2) is 4.95. The molecule has 1 aliphatic rings. The molecule has 1 aliphatic heterocycles. The summed E-state index contributed by atoms with van der Waals surface area (Å²) >= 11 is 5.43. The van der Waals surface area contributed by atoms with Gasteiger partial charge in [-0.3, -0.25) is 4.90 Å². The van der Waals surface area contributed by atoms with Crippen molar-refractivity contribution in [3.8, 4) is 0 Å². The van der Waals surface area contributed by atoms with E-state index in [9.17, 15) is 0 Å². The van der Waals surface area contributed by atoms with E-state index in [-0.39, 0.29) is 0 Å². The molecule has 2 nitrogen and oxygen atoms in total. The van der Waals surface area contributed by atoms with E-state index in [4.69, 9.17) is 0 Å². The first-order valence-corrected chi connectivity index (χ1v) is 7.03. The molecule has 1 aromatic heterocycles. The molecule has 2 unspecified atom stereocenters. The van der Waals surface area contributed by atoms with E-state index in [0.717, 1.165) is 19.6 Å². The van der Waals surface area contributed by atoms with Crippen LogP contribution in [0.15, 0.2) is 15.9 Å². The fraction of sp³-hybridized carbons (Fsp3) is 0.636. The maximum atomic E-state index is 3.60. The van der Waals surface area contributed by atoms with Crippen LogP contribution < -0.4 is 5.32 Å². The van der Waals surface area contributed by atoms with E-state index in [2.05, 4.69) is 51.4 Å². The van der Waals surface area contributed by atoms with Crippen molar-refractivity contribution >= 4 is 27.3 Å². The Morgan fingerprint density at radius 3 is 3.07 bits per heavy atom. The number of thiophene rings is 1. The van der Waals surface area contributed by atoms with Gasteiger partial charge in [0, 0.05) is 41.1 Å². The van der Waals surface area contributed by atoms with Gasteiger partial charge in [-0.15, -0.1) is 11.3 Å². The average Bonchev–Trinajstić information content (AvgIpc) is 2.58. The van der Waals surface area contributed by atoms with Crippen molar-refractivity contribution in [3.05, 3.63) is 20.8 Å². The third-order valence-electron chi connectivity index (χ3n) is 2.93. The predicted octanol–water partition coefficient (Wildman–Crippen LogP) is 2.69.